The van der Waals surface area contributed by atoms with E-state index in [9.17, 15) is 14.7 Å². The van der Waals surface area contributed by atoms with Crippen molar-refractivity contribution in [3.8, 4) is 0 Å². The molecule has 0 fully saturated rings. The number of hydrogen-bond donors (Lipinski definition) is 1. The molecule has 6 nitrogen and oxygen atoms in total. The highest BCUT2D eigenvalue weighted by molar-refractivity contribution is 5.69. The second-order valence-corrected chi connectivity index (χ2v) is 15.9. The molecule has 0 aliphatic heterocycles. The van der Waals surface area contributed by atoms with Gasteiger partial charge in [0, 0.05) is 19.4 Å². The van der Waals surface area contributed by atoms with Crippen molar-refractivity contribution in [2.75, 3.05) is 32.8 Å². The summed E-state index contributed by atoms with van der Waals surface area (Å²) in [6.45, 7) is 10.9. The van der Waals surface area contributed by atoms with Crippen LogP contribution in [0.3, 0.4) is 0 Å². The van der Waals surface area contributed by atoms with Gasteiger partial charge in [0.05, 0.1) is 6.61 Å². The maximum Gasteiger partial charge on any atom is 0.306 e. The van der Waals surface area contributed by atoms with Crippen LogP contribution in [0.2, 0.25) is 0 Å². The third kappa shape index (κ3) is 38.6. The van der Waals surface area contributed by atoms with E-state index in [2.05, 4.69) is 25.7 Å². The number of aliphatic hydroxyl groups is 1. The molecule has 6 heteroatoms. The summed E-state index contributed by atoms with van der Waals surface area (Å²) in [5, 5.41) is 9.27. The normalized spacial score (nSPS) is 11.6. The summed E-state index contributed by atoms with van der Waals surface area (Å²) in [5.74, 6) is 0.00716. The molecule has 1 N–H and O–H groups in total. The molecule has 0 aliphatic rings. The van der Waals surface area contributed by atoms with Crippen molar-refractivity contribution in [3.63, 3.8) is 0 Å². The monoisotopic (exact) mass is 738 g/mol. The number of hydrogen-bond acceptors (Lipinski definition) is 6. The lowest BCUT2D eigenvalue weighted by atomic mass is 10.0. The van der Waals surface area contributed by atoms with Gasteiger partial charge in [-0.2, -0.15) is 0 Å². The number of nitrogens with zero attached hydrogens (tertiary/aromatic N) is 1. The maximum atomic E-state index is 12.7. The predicted molar refractivity (Wildman–Crippen MR) is 223 cm³/mol. The molecule has 0 heterocycles. The van der Waals surface area contributed by atoms with Crippen LogP contribution in [-0.2, 0) is 19.1 Å². The van der Waals surface area contributed by atoms with E-state index in [1.54, 1.807) is 0 Å². The van der Waals surface area contributed by atoms with E-state index >= 15 is 0 Å². The van der Waals surface area contributed by atoms with Gasteiger partial charge in [-0.1, -0.05) is 162 Å². The zero-order valence-electron chi connectivity index (χ0n) is 35.4. The lowest BCUT2D eigenvalue weighted by molar-refractivity contribution is -0.150. The molecule has 0 amide bonds. The molecule has 0 saturated heterocycles. The Morgan fingerprint density at radius 1 is 0.442 bits per heavy atom. The Bertz CT molecular complexity index is 716. The van der Waals surface area contributed by atoms with Crippen LogP contribution in [0.1, 0.15) is 245 Å². The first-order valence-corrected chi connectivity index (χ1v) is 23.3. The Kier molecular flexibility index (Phi) is 41.7. The van der Waals surface area contributed by atoms with Crippen LogP contribution in [0.15, 0.2) is 0 Å². The molecular weight excluding hydrogens is 647 g/mol. The van der Waals surface area contributed by atoms with E-state index in [4.69, 9.17) is 9.47 Å². The smallest absolute Gasteiger partial charge is 0.306 e. The van der Waals surface area contributed by atoms with Gasteiger partial charge >= 0.3 is 11.9 Å². The van der Waals surface area contributed by atoms with Gasteiger partial charge in [0.1, 0.15) is 6.10 Å². The molecule has 0 spiro atoms. The molecule has 0 rings (SSSR count). The highest BCUT2D eigenvalue weighted by Crippen LogP contribution is 2.18. The van der Waals surface area contributed by atoms with Crippen LogP contribution < -0.4 is 0 Å². The van der Waals surface area contributed by atoms with E-state index in [0.29, 0.717) is 19.4 Å². The van der Waals surface area contributed by atoms with Crippen LogP contribution >= 0.6 is 0 Å². The predicted octanol–water partition coefficient (Wildman–Crippen LogP) is 13.4. The quantitative estimate of drug-likeness (QED) is 0.0496. The lowest BCUT2D eigenvalue weighted by Gasteiger charge is -2.22. The van der Waals surface area contributed by atoms with E-state index in [0.717, 1.165) is 83.8 Å². The zero-order valence-corrected chi connectivity index (χ0v) is 35.4. The van der Waals surface area contributed by atoms with Crippen LogP contribution in [-0.4, -0.2) is 60.9 Å². The van der Waals surface area contributed by atoms with Crippen LogP contribution in [0, 0.1) is 0 Å². The molecule has 0 atom stereocenters. The molecule has 0 saturated carbocycles. The summed E-state index contributed by atoms with van der Waals surface area (Å²) in [5.41, 5.74) is 0. The molecule has 310 valence electrons. The number of ether oxygens (including phenoxy) is 2. The average molecular weight is 738 g/mol. The van der Waals surface area contributed by atoms with Crippen molar-refractivity contribution >= 4 is 11.9 Å². The van der Waals surface area contributed by atoms with E-state index in [-0.39, 0.29) is 24.6 Å². The Labute approximate surface area is 324 Å². The van der Waals surface area contributed by atoms with Crippen LogP contribution in [0.5, 0.6) is 0 Å². The van der Waals surface area contributed by atoms with Crippen LogP contribution in [0.25, 0.3) is 0 Å². The summed E-state index contributed by atoms with van der Waals surface area (Å²) in [6, 6.07) is 0. The molecule has 0 radical (unpaired) electrons. The van der Waals surface area contributed by atoms with Gasteiger partial charge in [-0.25, -0.2) is 0 Å². The van der Waals surface area contributed by atoms with Gasteiger partial charge in [-0.3, -0.25) is 9.59 Å². The zero-order chi connectivity index (χ0) is 38.0. The van der Waals surface area contributed by atoms with Crippen LogP contribution in [0.4, 0.5) is 0 Å². The van der Waals surface area contributed by atoms with Gasteiger partial charge in [-0.05, 0) is 90.3 Å². The lowest BCUT2D eigenvalue weighted by Crippen LogP contribution is -2.27. The first kappa shape index (κ1) is 50.9. The van der Waals surface area contributed by atoms with E-state index in [1.165, 1.54) is 148 Å². The minimum atomic E-state index is -0.0177. The van der Waals surface area contributed by atoms with Crippen molar-refractivity contribution in [1.82, 2.24) is 4.90 Å². The topological polar surface area (TPSA) is 76.1 Å². The van der Waals surface area contributed by atoms with Gasteiger partial charge in [-0.15, -0.1) is 0 Å². The molecule has 0 aromatic heterocycles. The minimum absolute atomic E-state index is 0.0177. The Morgan fingerprint density at radius 3 is 1.27 bits per heavy atom. The van der Waals surface area contributed by atoms with E-state index in [1.807, 2.05) is 0 Å². The fraction of sp³-hybridized carbons (Fsp3) is 0.957. The maximum absolute atomic E-state index is 12.7. The van der Waals surface area contributed by atoms with Crippen molar-refractivity contribution in [2.45, 2.75) is 252 Å². The highest BCUT2D eigenvalue weighted by Gasteiger charge is 2.14. The first-order chi connectivity index (χ1) is 25.6. The molecular formula is C46H91NO5. The average Bonchev–Trinajstić information content (AvgIpc) is 3.14. The van der Waals surface area contributed by atoms with Crippen molar-refractivity contribution in [3.05, 3.63) is 0 Å². The molecule has 0 bridgehead atoms. The van der Waals surface area contributed by atoms with Crippen molar-refractivity contribution in [1.29, 1.82) is 0 Å². The second-order valence-electron chi connectivity index (χ2n) is 15.9. The van der Waals surface area contributed by atoms with Gasteiger partial charge in [0.25, 0.3) is 0 Å². The molecule has 0 aliphatic carbocycles. The Balaban J connectivity index is 4.09. The summed E-state index contributed by atoms with van der Waals surface area (Å²) < 4.78 is 11.5. The SMILES string of the molecule is CCCCCCCCCC(=O)OCCCCCCCN(CCCCO)CCCCCCCC(=O)OC(CCCCCCCC)CCCCCCCC. The summed E-state index contributed by atoms with van der Waals surface area (Å²) in [7, 11) is 0. The second kappa shape index (κ2) is 42.6. The summed E-state index contributed by atoms with van der Waals surface area (Å²) in [4.78, 5) is 27.3. The number of carbonyl (C=O) groups is 2. The number of esters is 2. The molecule has 0 unspecified atom stereocenters. The van der Waals surface area contributed by atoms with E-state index < -0.39 is 0 Å². The van der Waals surface area contributed by atoms with Crippen molar-refractivity contribution in [2.24, 2.45) is 0 Å². The van der Waals surface area contributed by atoms with Crippen molar-refractivity contribution < 1.29 is 24.2 Å². The number of unbranched alkanes of at least 4 members (excludes halogenated alkanes) is 25. The molecule has 0 aromatic carbocycles. The fourth-order valence-electron chi connectivity index (χ4n) is 7.18. The standard InChI is InChI=1S/C46H91NO5/c1-4-7-10-13-16-21-28-37-45(49)51-43-34-25-18-24-31-40-47(41-32-33-42-48)39-30-23-17-22-29-38-46(50)52-44(35-26-19-14-11-8-5-2)36-27-20-15-12-9-6-3/h44,48H,4-43H2,1-3H3. The van der Waals surface area contributed by atoms with Gasteiger partial charge < -0.3 is 19.5 Å². The third-order valence-corrected chi connectivity index (χ3v) is 10.7. The number of aliphatic hydroxyl groups excluding tert-OH is 1. The van der Waals surface area contributed by atoms with Gasteiger partial charge in [0.15, 0.2) is 0 Å². The largest absolute Gasteiger partial charge is 0.466 e. The van der Waals surface area contributed by atoms with Gasteiger partial charge in [0.2, 0.25) is 0 Å². The molecule has 0 aromatic rings. The first-order valence-electron chi connectivity index (χ1n) is 23.3. The number of rotatable bonds is 43. The summed E-state index contributed by atoms with van der Waals surface area (Å²) >= 11 is 0. The highest BCUT2D eigenvalue weighted by atomic mass is 16.5. The number of carbonyl (C=O) groups excluding carboxylic acids is 2. The third-order valence-electron chi connectivity index (χ3n) is 10.7. The molecule has 52 heavy (non-hydrogen) atoms. The Hall–Kier alpha value is -1.14. The summed E-state index contributed by atoms with van der Waals surface area (Å²) in [6.07, 6.45) is 40.7. The fourth-order valence-corrected chi connectivity index (χ4v) is 7.18. The minimum Gasteiger partial charge on any atom is -0.466 e. The Morgan fingerprint density at radius 2 is 0.808 bits per heavy atom.